The third-order valence-electron chi connectivity index (χ3n) is 3.27. The minimum Gasteiger partial charge on any atom is -0.478 e. The predicted octanol–water partition coefficient (Wildman–Crippen LogP) is 4.92. The molecule has 0 aromatic heterocycles. The van der Waals surface area contributed by atoms with Gasteiger partial charge in [0.2, 0.25) is 0 Å². The van der Waals surface area contributed by atoms with Gasteiger partial charge in [-0.2, -0.15) is 23.4 Å². The maximum Gasteiger partial charge on any atom is 0.422 e. The van der Waals surface area contributed by atoms with E-state index in [2.05, 4.69) is 14.9 Å². The molecule has 8 heteroatoms. The lowest BCUT2D eigenvalue weighted by molar-refractivity contribution is -0.154. The van der Waals surface area contributed by atoms with Crippen LogP contribution >= 0.6 is 0 Å². The molecular weight excluding hydrogens is 355 g/mol. The van der Waals surface area contributed by atoms with E-state index in [4.69, 9.17) is 0 Å². The van der Waals surface area contributed by atoms with Crippen molar-refractivity contribution >= 4 is 12.4 Å². The van der Waals surface area contributed by atoms with Gasteiger partial charge < -0.3 is 4.74 Å². The first-order valence-corrected chi connectivity index (χ1v) is 7.62. The number of alkyl halides is 3. The van der Waals surface area contributed by atoms with E-state index in [1.54, 1.807) is 0 Å². The summed E-state index contributed by atoms with van der Waals surface area (Å²) < 4.78 is 67.7. The lowest BCUT2D eigenvalue weighted by atomic mass is 10.1. The molecule has 0 atom stereocenters. The van der Waals surface area contributed by atoms with Crippen molar-refractivity contribution in [1.29, 1.82) is 0 Å². The number of nitrogens with zero attached hydrogens (tertiary/aromatic N) is 2. The highest BCUT2D eigenvalue weighted by Crippen LogP contribution is 2.25. The molecule has 2 aromatic rings. The summed E-state index contributed by atoms with van der Waals surface area (Å²) >= 11 is 0. The molecular formula is C18H15F5N2O. The van der Waals surface area contributed by atoms with Gasteiger partial charge in [-0.1, -0.05) is 31.2 Å². The van der Waals surface area contributed by atoms with Crippen LogP contribution in [0.15, 0.2) is 46.6 Å². The van der Waals surface area contributed by atoms with Gasteiger partial charge in [-0.05, 0) is 29.7 Å². The minimum absolute atomic E-state index is 0.00200. The molecule has 0 spiro atoms. The number of hydrogen-bond donors (Lipinski definition) is 0. The Bertz CT molecular complexity index is 775. The summed E-state index contributed by atoms with van der Waals surface area (Å²) in [7, 11) is 0. The van der Waals surface area contributed by atoms with Gasteiger partial charge in [0, 0.05) is 5.56 Å². The van der Waals surface area contributed by atoms with Gasteiger partial charge in [0.1, 0.15) is 0 Å². The van der Waals surface area contributed by atoms with E-state index in [-0.39, 0.29) is 5.56 Å². The molecule has 0 N–H and O–H groups in total. The number of aryl methyl sites for hydroxylation is 1. The summed E-state index contributed by atoms with van der Waals surface area (Å²) in [6.07, 6.45) is -1.24. The molecule has 2 aromatic carbocycles. The second kappa shape index (κ2) is 8.55. The number of benzene rings is 2. The van der Waals surface area contributed by atoms with E-state index >= 15 is 0 Å². The van der Waals surface area contributed by atoms with E-state index in [0.717, 1.165) is 30.3 Å². The topological polar surface area (TPSA) is 34.0 Å². The number of hydrogen-bond acceptors (Lipinski definition) is 3. The van der Waals surface area contributed by atoms with Gasteiger partial charge in [-0.15, -0.1) is 0 Å². The summed E-state index contributed by atoms with van der Waals surface area (Å²) in [4.78, 5) is 0. The lowest BCUT2D eigenvalue weighted by Crippen LogP contribution is -2.20. The molecule has 0 bridgehead atoms. The van der Waals surface area contributed by atoms with Crippen molar-refractivity contribution in [1.82, 2.24) is 0 Å². The Morgan fingerprint density at radius 3 is 1.96 bits per heavy atom. The molecule has 26 heavy (non-hydrogen) atoms. The average Bonchev–Trinajstić information content (AvgIpc) is 2.57. The lowest BCUT2D eigenvalue weighted by Gasteiger charge is -2.10. The highest BCUT2D eigenvalue weighted by Gasteiger charge is 2.29. The van der Waals surface area contributed by atoms with Crippen molar-refractivity contribution < 1.29 is 26.7 Å². The van der Waals surface area contributed by atoms with E-state index in [9.17, 15) is 22.0 Å². The van der Waals surface area contributed by atoms with Crippen molar-refractivity contribution in [2.45, 2.75) is 19.5 Å². The maximum atomic E-state index is 13.7. The van der Waals surface area contributed by atoms with Crippen molar-refractivity contribution in [3.63, 3.8) is 0 Å². The average molecular weight is 370 g/mol. The molecule has 0 aliphatic rings. The van der Waals surface area contributed by atoms with Crippen LogP contribution in [-0.2, 0) is 6.42 Å². The molecule has 3 nitrogen and oxygen atoms in total. The fourth-order valence-electron chi connectivity index (χ4n) is 1.99. The zero-order valence-electron chi connectivity index (χ0n) is 13.7. The molecule has 0 aliphatic heterocycles. The summed E-state index contributed by atoms with van der Waals surface area (Å²) in [6, 6.07) is 9.20. The first kappa shape index (κ1) is 19.6. The van der Waals surface area contributed by atoms with Crippen LogP contribution in [0.3, 0.4) is 0 Å². The molecule has 0 saturated heterocycles. The number of ether oxygens (including phenoxy) is 1. The highest BCUT2D eigenvalue weighted by atomic mass is 19.4. The Hall–Kier alpha value is -2.77. The molecule has 0 amide bonds. The molecule has 0 saturated carbocycles. The first-order valence-electron chi connectivity index (χ1n) is 7.62. The Morgan fingerprint density at radius 2 is 1.46 bits per heavy atom. The molecule has 0 aliphatic carbocycles. The molecule has 0 heterocycles. The SMILES string of the molecule is CCc1ccc(C=NN=Cc2cc(F)c(OCC(F)(F)F)c(F)c2)cc1. The van der Waals surface area contributed by atoms with E-state index < -0.39 is 30.2 Å². The van der Waals surface area contributed by atoms with Crippen molar-refractivity contribution in [2.24, 2.45) is 10.2 Å². The quantitative estimate of drug-likeness (QED) is 0.404. The van der Waals surface area contributed by atoms with Gasteiger partial charge in [0.15, 0.2) is 24.0 Å². The zero-order valence-corrected chi connectivity index (χ0v) is 13.7. The van der Waals surface area contributed by atoms with Gasteiger partial charge in [0.25, 0.3) is 0 Å². The Labute approximate surface area is 146 Å². The second-order valence-electron chi connectivity index (χ2n) is 5.30. The molecule has 2 rings (SSSR count). The largest absolute Gasteiger partial charge is 0.478 e. The van der Waals surface area contributed by atoms with Crippen LogP contribution in [0, 0.1) is 11.6 Å². The van der Waals surface area contributed by atoms with Crippen LogP contribution in [0.1, 0.15) is 23.6 Å². The van der Waals surface area contributed by atoms with E-state index in [1.807, 2.05) is 31.2 Å². The van der Waals surface area contributed by atoms with E-state index in [1.165, 1.54) is 11.8 Å². The third-order valence-corrected chi connectivity index (χ3v) is 3.27. The van der Waals surface area contributed by atoms with Crippen LogP contribution in [0.4, 0.5) is 22.0 Å². The third kappa shape index (κ3) is 5.94. The zero-order chi connectivity index (χ0) is 19.2. The van der Waals surface area contributed by atoms with Gasteiger partial charge in [0.05, 0.1) is 12.4 Å². The summed E-state index contributed by atoms with van der Waals surface area (Å²) in [6.45, 7) is 0.250. The Kier molecular flexibility index (Phi) is 6.43. The summed E-state index contributed by atoms with van der Waals surface area (Å²) in [5.74, 6) is -3.59. The van der Waals surface area contributed by atoms with Gasteiger partial charge >= 0.3 is 6.18 Å². The Balaban J connectivity index is 2.04. The molecule has 138 valence electrons. The van der Waals surface area contributed by atoms with Crippen LogP contribution in [0.25, 0.3) is 0 Å². The Morgan fingerprint density at radius 1 is 0.923 bits per heavy atom. The van der Waals surface area contributed by atoms with Gasteiger partial charge in [-0.3, -0.25) is 0 Å². The normalized spacial score (nSPS) is 12.2. The summed E-state index contributed by atoms with van der Waals surface area (Å²) in [5, 5.41) is 7.43. The number of halogens is 5. The number of rotatable bonds is 6. The van der Waals surface area contributed by atoms with E-state index in [0.29, 0.717) is 0 Å². The van der Waals surface area contributed by atoms with Crippen LogP contribution < -0.4 is 4.74 Å². The van der Waals surface area contributed by atoms with Crippen molar-refractivity contribution in [3.05, 3.63) is 64.7 Å². The minimum atomic E-state index is -4.69. The summed E-state index contributed by atoms with van der Waals surface area (Å²) in [5.41, 5.74) is 1.97. The van der Waals surface area contributed by atoms with Crippen LogP contribution in [0.5, 0.6) is 5.75 Å². The first-order chi connectivity index (χ1) is 12.3. The van der Waals surface area contributed by atoms with Crippen molar-refractivity contribution in [3.8, 4) is 5.75 Å². The fourth-order valence-corrected chi connectivity index (χ4v) is 1.99. The monoisotopic (exact) mass is 370 g/mol. The molecule has 0 fully saturated rings. The standard InChI is InChI=1S/C18H15F5N2O/c1-2-12-3-5-13(6-4-12)9-24-25-10-14-7-15(19)17(16(20)8-14)26-11-18(21,22)23/h3-10H,2,11H2,1H3. The fraction of sp³-hybridized carbons (Fsp3) is 0.222. The predicted molar refractivity (Wildman–Crippen MR) is 88.9 cm³/mol. The smallest absolute Gasteiger partial charge is 0.422 e. The van der Waals surface area contributed by atoms with Crippen LogP contribution in [-0.4, -0.2) is 25.2 Å². The molecule has 0 radical (unpaired) electrons. The van der Waals surface area contributed by atoms with Crippen molar-refractivity contribution in [2.75, 3.05) is 6.61 Å². The second-order valence-corrected chi connectivity index (χ2v) is 5.30. The van der Waals surface area contributed by atoms with Crippen LogP contribution in [0.2, 0.25) is 0 Å². The highest BCUT2D eigenvalue weighted by molar-refractivity contribution is 5.82. The maximum absolute atomic E-state index is 13.7. The van der Waals surface area contributed by atoms with Gasteiger partial charge in [-0.25, -0.2) is 8.78 Å². The molecule has 0 unspecified atom stereocenters.